The highest BCUT2D eigenvalue weighted by molar-refractivity contribution is 7.91. The molecule has 4 nitrogen and oxygen atoms in total. The quantitative estimate of drug-likeness (QED) is 0.907. The molecule has 0 aromatic heterocycles. The molecule has 0 unspecified atom stereocenters. The van der Waals surface area contributed by atoms with Crippen molar-refractivity contribution < 1.29 is 17.6 Å². The monoisotopic (exact) mass is 285 g/mol. The minimum absolute atomic E-state index is 0.0682. The van der Waals surface area contributed by atoms with Crippen molar-refractivity contribution in [3.05, 3.63) is 35.1 Å². The van der Waals surface area contributed by atoms with Crippen LogP contribution in [0.1, 0.15) is 17.5 Å². The zero-order valence-corrected chi connectivity index (χ0v) is 11.5. The van der Waals surface area contributed by atoms with Crippen LogP contribution in [0, 0.1) is 18.7 Å². The lowest BCUT2D eigenvalue weighted by atomic mass is 10.1. The molecule has 1 aliphatic rings. The molecule has 2 rings (SSSR count). The van der Waals surface area contributed by atoms with Crippen molar-refractivity contribution in [1.29, 1.82) is 0 Å². The normalized spacial score (nSPS) is 21.3. The first-order chi connectivity index (χ1) is 8.87. The second kappa shape index (κ2) is 5.28. The summed E-state index contributed by atoms with van der Waals surface area (Å²) in [7, 11) is -3.05. The van der Waals surface area contributed by atoms with Crippen LogP contribution in [-0.2, 0) is 21.2 Å². The minimum Gasteiger partial charge on any atom is -0.352 e. The van der Waals surface area contributed by atoms with E-state index in [2.05, 4.69) is 5.32 Å². The Balaban J connectivity index is 1.92. The average molecular weight is 285 g/mol. The van der Waals surface area contributed by atoms with Gasteiger partial charge in [-0.2, -0.15) is 0 Å². The van der Waals surface area contributed by atoms with Crippen molar-refractivity contribution in [2.45, 2.75) is 19.9 Å². The summed E-state index contributed by atoms with van der Waals surface area (Å²) in [6.07, 6.45) is 0.386. The van der Waals surface area contributed by atoms with Crippen molar-refractivity contribution in [3.63, 3.8) is 0 Å². The van der Waals surface area contributed by atoms with Crippen LogP contribution in [0.4, 0.5) is 4.39 Å². The lowest BCUT2D eigenvalue weighted by Crippen LogP contribution is -2.30. The largest absolute Gasteiger partial charge is 0.352 e. The molecule has 1 heterocycles. The van der Waals surface area contributed by atoms with Gasteiger partial charge in [-0.05, 0) is 30.5 Å². The molecule has 19 heavy (non-hydrogen) atoms. The fourth-order valence-electron chi connectivity index (χ4n) is 2.15. The zero-order valence-electron chi connectivity index (χ0n) is 10.6. The molecule has 1 aliphatic heterocycles. The van der Waals surface area contributed by atoms with E-state index in [1.54, 1.807) is 19.1 Å². The zero-order chi connectivity index (χ0) is 14.0. The second-order valence-corrected chi connectivity index (χ2v) is 7.13. The van der Waals surface area contributed by atoms with Crippen molar-refractivity contribution in [2.75, 3.05) is 11.5 Å². The summed E-state index contributed by atoms with van der Waals surface area (Å²) in [5.74, 6) is -0.964. The summed E-state index contributed by atoms with van der Waals surface area (Å²) < 4.78 is 35.6. The van der Waals surface area contributed by atoms with Gasteiger partial charge in [-0.15, -0.1) is 0 Å². The van der Waals surface area contributed by atoms with E-state index in [1.807, 2.05) is 0 Å². The van der Waals surface area contributed by atoms with E-state index in [0.29, 0.717) is 12.0 Å². The van der Waals surface area contributed by atoms with E-state index >= 15 is 0 Å². The Bertz CT molecular complexity index is 598. The van der Waals surface area contributed by atoms with E-state index in [0.717, 1.165) is 5.56 Å². The number of carbonyl (C=O) groups excluding carboxylic acids is 1. The number of hydrogen-bond acceptors (Lipinski definition) is 3. The second-order valence-electron chi connectivity index (χ2n) is 4.90. The summed E-state index contributed by atoms with van der Waals surface area (Å²) in [5.41, 5.74) is 1.32. The predicted octanol–water partition coefficient (Wildman–Crippen LogP) is 1.19. The summed E-state index contributed by atoms with van der Waals surface area (Å²) >= 11 is 0. The van der Waals surface area contributed by atoms with Gasteiger partial charge in [-0.3, -0.25) is 4.79 Å². The molecule has 0 aliphatic carbocycles. The van der Waals surface area contributed by atoms with E-state index in [9.17, 15) is 17.6 Å². The SMILES string of the molecule is Cc1cc(CNC(=O)[C@H]2CCS(=O)(=O)C2)ccc1F. The summed E-state index contributed by atoms with van der Waals surface area (Å²) in [6, 6.07) is 4.63. The van der Waals surface area contributed by atoms with Crippen molar-refractivity contribution in [1.82, 2.24) is 5.32 Å². The first-order valence-corrected chi connectivity index (χ1v) is 7.93. The molecule has 0 saturated carbocycles. The maximum Gasteiger partial charge on any atom is 0.224 e. The van der Waals surface area contributed by atoms with Crippen LogP contribution in [0.2, 0.25) is 0 Å². The number of sulfone groups is 1. The molecule has 1 aromatic rings. The predicted molar refractivity (Wildman–Crippen MR) is 69.7 cm³/mol. The minimum atomic E-state index is -3.05. The Morgan fingerprint density at radius 3 is 2.79 bits per heavy atom. The number of rotatable bonds is 3. The topological polar surface area (TPSA) is 63.2 Å². The average Bonchev–Trinajstić information content (AvgIpc) is 2.71. The van der Waals surface area contributed by atoms with Gasteiger partial charge < -0.3 is 5.32 Å². The molecule has 0 spiro atoms. The first-order valence-electron chi connectivity index (χ1n) is 6.10. The first kappa shape index (κ1) is 14.0. The van der Waals surface area contributed by atoms with Gasteiger partial charge in [0.25, 0.3) is 0 Å². The Morgan fingerprint density at radius 2 is 2.21 bits per heavy atom. The number of nitrogens with one attached hydrogen (secondary N) is 1. The maximum atomic E-state index is 13.1. The number of aryl methyl sites for hydroxylation is 1. The lowest BCUT2D eigenvalue weighted by Gasteiger charge is -2.10. The van der Waals surface area contributed by atoms with E-state index in [-0.39, 0.29) is 29.8 Å². The molecule has 1 fully saturated rings. The fourth-order valence-corrected chi connectivity index (χ4v) is 3.89. The summed E-state index contributed by atoms with van der Waals surface area (Å²) in [6.45, 7) is 1.95. The van der Waals surface area contributed by atoms with Crippen LogP contribution >= 0.6 is 0 Å². The van der Waals surface area contributed by atoms with Gasteiger partial charge in [-0.1, -0.05) is 12.1 Å². The standard InChI is InChI=1S/C13H16FNO3S/c1-9-6-10(2-3-12(9)14)7-15-13(16)11-4-5-19(17,18)8-11/h2-3,6,11H,4-5,7-8H2,1H3,(H,15,16)/t11-/m0/s1. The molecule has 1 N–H and O–H groups in total. The van der Waals surface area contributed by atoms with Crippen LogP contribution in [0.25, 0.3) is 0 Å². The third-order valence-electron chi connectivity index (χ3n) is 3.29. The molecule has 0 bridgehead atoms. The lowest BCUT2D eigenvalue weighted by molar-refractivity contribution is -0.124. The number of hydrogen-bond donors (Lipinski definition) is 1. The van der Waals surface area contributed by atoms with Gasteiger partial charge in [0.05, 0.1) is 17.4 Å². The third kappa shape index (κ3) is 3.53. The van der Waals surface area contributed by atoms with Gasteiger partial charge in [0.15, 0.2) is 9.84 Å². The molecular weight excluding hydrogens is 269 g/mol. The summed E-state index contributed by atoms with van der Waals surface area (Å²) in [4.78, 5) is 11.8. The van der Waals surface area contributed by atoms with E-state index in [1.165, 1.54) is 6.07 Å². The maximum absolute atomic E-state index is 13.1. The van der Waals surface area contributed by atoms with Crippen LogP contribution in [0.5, 0.6) is 0 Å². The molecule has 1 amide bonds. The number of benzene rings is 1. The Labute approximate surface area is 111 Å². The van der Waals surface area contributed by atoms with Crippen LogP contribution in [0.3, 0.4) is 0 Å². The van der Waals surface area contributed by atoms with Gasteiger partial charge in [0.1, 0.15) is 5.82 Å². The number of carbonyl (C=O) groups is 1. The van der Waals surface area contributed by atoms with Crippen LogP contribution in [0.15, 0.2) is 18.2 Å². The van der Waals surface area contributed by atoms with Crippen molar-refractivity contribution >= 4 is 15.7 Å². The molecule has 0 radical (unpaired) electrons. The highest BCUT2D eigenvalue weighted by atomic mass is 32.2. The molecule has 1 atom stereocenters. The highest BCUT2D eigenvalue weighted by Crippen LogP contribution is 2.18. The van der Waals surface area contributed by atoms with Crippen molar-refractivity contribution in [3.8, 4) is 0 Å². The van der Waals surface area contributed by atoms with Crippen LogP contribution in [-0.4, -0.2) is 25.8 Å². The van der Waals surface area contributed by atoms with Gasteiger partial charge >= 0.3 is 0 Å². The van der Waals surface area contributed by atoms with Gasteiger partial charge in [-0.25, -0.2) is 12.8 Å². The molecule has 1 aromatic carbocycles. The third-order valence-corrected chi connectivity index (χ3v) is 5.06. The molecule has 6 heteroatoms. The fraction of sp³-hybridized carbons (Fsp3) is 0.462. The molecule has 104 valence electrons. The molecule has 1 saturated heterocycles. The van der Waals surface area contributed by atoms with Gasteiger partial charge in [0, 0.05) is 6.54 Å². The van der Waals surface area contributed by atoms with Gasteiger partial charge in [0.2, 0.25) is 5.91 Å². The van der Waals surface area contributed by atoms with E-state index < -0.39 is 15.8 Å². The number of amides is 1. The van der Waals surface area contributed by atoms with Crippen LogP contribution < -0.4 is 5.32 Å². The Hall–Kier alpha value is -1.43. The molecular formula is C13H16FNO3S. The Kier molecular flexibility index (Phi) is 3.89. The number of halogens is 1. The highest BCUT2D eigenvalue weighted by Gasteiger charge is 2.32. The summed E-state index contributed by atoms with van der Waals surface area (Å²) in [5, 5.41) is 2.70. The Morgan fingerprint density at radius 1 is 1.47 bits per heavy atom. The smallest absolute Gasteiger partial charge is 0.224 e. The van der Waals surface area contributed by atoms with Crippen molar-refractivity contribution in [2.24, 2.45) is 5.92 Å². The van der Waals surface area contributed by atoms with E-state index in [4.69, 9.17) is 0 Å².